The van der Waals surface area contributed by atoms with Gasteiger partial charge in [0.1, 0.15) is 0 Å². The van der Waals surface area contributed by atoms with Gasteiger partial charge in [-0.05, 0) is 20.3 Å². The molecule has 0 bridgehead atoms. The van der Waals surface area contributed by atoms with E-state index in [9.17, 15) is 9.59 Å². The second-order valence-corrected chi connectivity index (χ2v) is 3.45. The van der Waals surface area contributed by atoms with Crippen LogP contribution >= 0.6 is 0 Å². The van der Waals surface area contributed by atoms with Crippen LogP contribution in [-0.2, 0) is 19.1 Å². The number of rotatable bonds is 2. The fraction of sp³-hybridized carbons (Fsp3) is 0.778. The molecule has 1 rings (SSSR count). The molecule has 0 aromatic rings. The zero-order valence-corrected chi connectivity index (χ0v) is 8.12. The van der Waals surface area contributed by atoms with E-state index in [1.807, 2.05) is 6.92 Å². The van der Waals surface area contributed by atoms with Crippen LogP contribution in [-0.4, -0.2) is 23.6 Å². The van der Waals surface area contributed by atoms with Crippen molar-refractivity contribution >= 4 is 11.9 Å². The van der Waals surface area contributed by atoms with E-state index < -0.39 is 23.6 Å². The molecule has 1 saturated heterocycles. The van der Waals surface area contributed by atoms with Crippen LogP contribution in [0.1, 0.15) is 33.6 Å². The molecule has 0 spiro atoms. The molecule has 0 radical (unpaired) electrons. The van der Waals surface area contributed by atoms with Gasteiger partial charge in [0.2, 0.25) is 5.60 Å². The molecule has 4 nitrogen and oxygen atoms in total. The first-order chi connectivity index (χ1) is 5.99. The van der Waals surface area contributed by atoms with Crippen molar-refractivity contribution in [2.24, 2.45) is 0 Å². The molecule has 2 unspecified atom stereocenters. The molecule has 1 fully saturated rings. The Labute approximate surface area is 77.2 Å². The summed E-state index contributed by atoms with van der Waals surface area (Å²) in [5.41, 5.74) is -1.07. The van der Waals surface area contributed by atoms with Crippen molar-refractivity contribution in [3.63, 3.8) is 0 Å². The highest BCUT2D eigenvalue weighted by Crippen LogP contribution is 2.25. The Morgan fingerprint density at radius 1 is 1.46 bits per heavy atom. The van der Waals surface area contributed by atoms with Gasteiger partial charge >= 0.3 is 11.9 Å². The normalized spacial score (nSPS) is 33.9. The number of esters is 2. The van der Waals surface area contributed by atoms with Gasteiger partial charge in [-0.25, -0.2) is 9.59 Å². The molecular weight excluding hydrogens is 172 g/mol. The summed E-state index contributed by atoms with van der Waals surface area (Å²) < 4.78 is 9.88. The van der Waals surface area contributed by atoms with E-state index >= 15 is 0 Å². The van der Waals surface area contributed by atoms with Crippen molar-refractivity contribution in [1.82, 2.24) is 0 Å². The van der Waals surface area contributed by atoms with E-state index in [1.54, 1.807) is 6.92 Å². The Kier molecular flexibility index (Phi) is 2.59. The van der Waals surface area contributed by atoms with Gasteiger partial charge in [-0.1, -0.05) is 13.3 Å². The Bertz CT molecular complexity index is 236. The quantitative estimate of drug-likeness (QED) is 0.604. The predicted molar refractivity (Wildman–Crippen MR) is 45.0 cm³/mol. The summed E-state index contributed by atoms with van der Waals surface area (Å²) in [6, 6.07) is 0. The summed E-state index contributed by atoms with van der Waals surface area (Å²) in [6.45, 7) is 5.01. The average Bonchev–Trinajstić information content (AvgIpc) is 2.02. The zero-order valence-electron chi connectivity index (χ0n) is 8.12. The van der Waals surface area contributed by atoms with Gasteiger partial charge in [0.25, 0.3) is 0 Å². The number of carbonyl (C=O) groups is 2. The van der Waals surface area contributed by atoms with E-state index in [0.29, 0.717) is 6.42 Å². The molecule has 0 aromatic carbocycles. The van der Waals surface area contributed by atoms with Crippen LogP contribution in [0.3, 0.4) is 0 Å². The minimum atomic E-state index is -1.07. The highest BCUT2D eigenvalue weighted by Gasteiger charge is 2.45. The van der Waals surface area contributed by atoms with Crippen molar-refractivity contribution in [3.8, 4) is 0 Å². The van der Waals surface area contributed by atoms with Crippen LogP contribution in [0.4, 0.5) is 0 Å². The highest BCUT2D eigenvalue weighted by atomic mass is 16.7. The highest BCUT2D eigenvalue weighted by molar-refractivity contribution is 5.89. The minimum absolute atomic E-state index is 0.443. The third-order valence-corrected chi connectivity index (χ3v) is 2.10. The molecule has 74 valence electrons. The number of hydrogen-bond donors (Lipinski definition) is 0. The van der Waals surface area contributed by atoms with Crippen molar-refractivity contribution < 1.29 is 19.1 Å². The van der Waals surface area contributed by atoms with Gasteiger partial charge in [0.15, 0.2) is 6.10 Å². The SMILES string of the molecule is CCCC1(C)OC(=O)C(C)OC1=O. The van der Waals surface area contributed by atoms with E-state index in [1.165, 1.54) is 6.92 Å². The van der Waals surface area contributed by atoms with Crippen LogP contribution in [0.2, 0.25) is 0 Å². The lowest BCUT2D eigenvalue weighted by Gasteiger charge is -2.33. The maximum Gasteiger partial charge on any atom is 0.351 e. The molecule has 0 aliphatic carbocycles. The summed E-state index contributed by atoms with van der Waals surface area (Å²) in [6.07, 6.45) is 0.509. The molecule has 0 N–H and O–H groups in total. The second kappa shape index (κ2) is 3.36. The fourth-order valence-electron chi connectivity index (χ4n) is 1.31. The topological polar surface area (TPSA) is 52.6 Å². The summed E-state index contributed by atoms with van der Waals surface area (Å²) >= 11 is 0. The number of hydrogen-bond acceptors (Lipinski definition) is 4. The number of cyclic esters (lactones) is 2. The first-order valence-electron chi connectivity index (χ1n) is 4.43. The Morgan fingerprint density at radius 2 is 2.08 bits per heavy atom. The van der Waals surface area contributed by atoms with Crippen LogP contribution < -0.4 is 0 Å². The molecule has 1 aliphatic rings. The van der Waals surface area contributed by atoms with E-state index in [4.69, 9.17) is 9.47 Å². The maximum atomic E-state index is 11.4. The van der Waals surface area contributed by atoms with Gasteiger partial charge in [0, 0.05) is 0 Å². The van der Waals surface area contributed by atoms with Gasteiger partial charge in [-0.15, -0.1) is 0 Å². The Balaban J connectivity index is 2.76. The van der Waals surface area contributed by atoms with Crippen LogP contribution in [0, 0.1) is 0 Å². The van der Waals surface area contributed by atoms with Crippen molar-refractivity contribution in [3.05, 3.63) is 0 Å². The van der Waals surface area contributed by atoms with Crippen molar-refractivity contribution in [2.75, 3.05) is 0 Å². The summed E-state index contributed by atoms with van der Waals surface area (Å²) in [5, 5.41) is 0. The summed E-state index contributed by atoms with van der Waals surface area (Å²) in [7, 11) is 0. The molecule has 13 heavy (non-hydrogen) atoms. The third-order valence-electron chi connectivity index (χ3n) is 2.10. The molecular formula is C9H14O4. The summed E-state index contributed by atoms with van der Waals surface area (Å²) in [5.74, 6) is -0.906. The Morgan fingerprint density at radius 3 is 2.62 bits per heavy atom. The lowest BCUT2D eigenvalue weighted by molar-refractivity contribution is -0.208. The van der Waals surface area contributed by atoms with Crippen LogP contribution in [0.5, 0.6) is 0 Å². The van der Waals surface area contributed by atoms with E-state index in [2.05, 4.69) is 0 Å². The standard InChI is InChI=1S/C9H14O4/c1-4-5-9(3)8(11)12-6(2)7(10)13-9/h6H,4-5H2,1-3H3. The number of carbonyl (C=O) groups excluding carboxylic acids is 2. The molecule has 0 saturated carbocycles. The van der Waals surface area contributed by atoms with Crippen molar-refractivity contribution in [1.29, 1.82) is 0 Å². The van der Waals surface area contributed by atoms with Gasteiger partial charge in [-0.3, -0.25) is 0 Å². The first kappa shape index (κ1) is 10.0. The first-order valence-corrected chi connectivity index (χ1v) is 4.43. The van der Waals surface area contributed by atoms with Gasteiger partial charge in [0.05, 0.1) is 0 Å². The molecule has 0 amide bonds. The molecule has 1 heterocycles. The third kappa shape index (κ3) is 1.82. The monoisotopic (exact) mass is 186 g/mol. The predicted octanol–water partition coefficient (Wildman–Crippen LogP) is 1.03. The largest absolute Gasteiger partial charge is 0.448 e. The van der Waals surface area contributed by atoms with Crippen LogP contribution in [0.25, 0.3) is 0 Å². The van der Waals surface area contributed by atoms with Gasteiger partial charge in [-0.2, -0.15) is 0 Å². The lowest BCUT2D eigenvalue weighted by Crippen LogP contribution is -2.50. The molecule has 2 atom stereocenters. The van der Waals surface area contributed by atoms with E-state index in [0.717, 1.165) is 6.42 Å². The van der Waals surface area contributed by atoms with Crippen molar-refractivity contribution in [2.45, 2.75) is 45.3 Å². The fourth-order valence-corrected chi connectivity index (χ4v) is 1.31. The van der Waals surface area contributed by atoms with Gasteiger partial charge < -0.3 is 9.47 Å². The van der Waals surface area contributed by atoms with E-state index in [-0.39, 0.29) is 0 Å². The molecule has 4 heteroatoms. The smallest absolute Gasteiger partial charge is 0.351 e. The zero-order chi connectivity index (χ0) is 10.1. The maximum absolute atomic E-state index is 11.4. The second-order valence-electron chi connectivity index (χ2n) is 3.45. The summed E-state index contributed by atoms with van der Waals surface area (Å²) in [4.78, 5) is 22.5. The Hall–Kier alpha value is -1.06. The minimum Gasteiger partial charge on any atom is -0.448 e. The number of ether oxygens (including phenoxy) is 2. The lowest BCUT2D eigenvalue weighted by atomic mass is 9.99. The average molecular weight is 186 g/mol. The molecule has 0 aromatic heterocycles. The van der Waals surface area contributed by atoms with Crippen LogP contribution in [0.15, 0.2) is 0 Å². The molecule has 1 aliphatic heterocycles.